The summed E-state index contributed by atoms with van der Waals surface area (Å²) in [5, 5.41) is 18.8. The molecule has 12 heteroatoms. The normalized spacial score (nSPS) is 47.8. The molecule has 0 aromatic heterocycles. The number of ether oxygens (including phenoxy) is 4. The third-order valence-corrected chi connectivity index (χ3v) is 3.24. The highest BCUT2D eigenvalue weighted by atomic mass is 16.9. The number of nitrogens with zero attached hydrogens (tertiary/aromatic N) is 4. The predicted molar refractivity (Wildman–Crippen MR) is 41.6 cm³/mol. The molecule has 4 unspecified atom stereocenters. The van der Waals surface area contributed by atoms with Gasteiger partial charge >= 0.3 is 10.1 Å². The Balaban J connectivity index is 1.83. The second kappa shape index (κ2) is 2.97. The monoisotopic (exact) mass is 264 g/mol. The van der Waals surface area contributed by atoms with Gasteiger partial charge in [-0.25, -0.2) is 10.4 Å². The van der Waals surface area contributed by atoms with Crippen LogP contribution in [0.25, 0.3) is 0 Å². The number of rotatable bonds is 2. The molecule has 0 radical (unpaired) electrons. The quantitative estimate of drug-likeness (QED) is 0.532. The van der Waals surface area contributed by atoms with E-state index in [9.17, 15) is 9.81 Å². The van der Waals surface area contributed by atoms with Crippen molar-refractivity contribution in [2.24, 2.45) is 0 Å². The zero-order chi connectivity index (χ0) is 12.6. The van der Waals surface area contributed by atoms with Crippen molar-refractivity contribution < 1.29 is 39.4 Å². The molecule has 0 aliphatic carbocycles. The number of hydrogen-bond donors (Lipinski definition) is 2. The maximum Gasteiger partial charge on any atom is 0.362 e. The van der Waals surface area contributed by atoms with E-state index >= 15 is 0 Å². The standard InChI is InChI=1S/C6H8N4O8/c11-9(12)7-1-2-8(10(13)14)4-3(7)17-6(18-4)5(15-1)16-2/h1-6H,(H,11,12)(H,13,14)/q+2. The molecule has 98 valence electrons. The van der Waals surface area contributed by atoms with Gasteiger partial charge in [-0.3, -0.25) is 0 Å². The van der Waals surface area contributed by atoms with Gasteiger partial charge in [0.05, 0.1) is 0 Å². The Morgan fingerprint density at radius 3 is 1.22 bits per heavy atom. The average Bonchev–Trinajstić information content (AvgIpc) is 2.76. The smallest absolute Gasteiger partial charge is 0.313 e. The molecule has 0 spiro atoms. The lowest BCUT2D eigenvalue weighted by molar-refractivity contribution is -0.950. The first-order valence-electron chi connectivity index (χ1n) is 5.08. The Morgan fingerprint density at radius 1 is 0.722 bits per heavy atom. The maximum atomic E-state index is 11.1. The number of hydrazine groups is 2. The van der Waals surface area contributed by atoms with Crippen molar-refractivity contribution in [3.8, 4) is 0 Å². The minimum absolute atomic E-state index is 0.456. The molecule has 0 saturated carbocycles. The van der Waals surface area contributed by atoms with Crippen LogP contribution in [0.4, 0.5) is 0 Å². The van der Waals surface area contributed by atoms with Crippen LogP contribution in [0.15, 0.2) is 0 Å². The summed E-state index contributed by atoms with van der Waals surface area (Å²) in [6.45, 7) is 0. The zero-order valence-electron chi connectivity index (χ0n) is 8.60. The van der Waals surface area contributed by atoms with Crippen molar-refractivity contribution in [1.82, 2.24) is 10.0 Å². The van der Waals surface area contributed by atoms with Crippen molar-refractivity contribution in [3.63, 3.8) is 0 Å². The average molecular weight is 264 g/mol. The predicted octanol–water partition coefficient (Wildman–Crippen LogP) is -2.17. The zero-order valence-corrected chi connectivity index (χ0v) is 8.60. The molecule has 6 bridgehead atoms. The van der Waals surface area contributed by atoms with Crippen LogP contribution in [0.1, 0.15) is 0 Å². The lowest BCUT2D eigenvalue weighted by Gasteiger charge is -2.34. The van der Waals surface area contributed by atoms with Crippen LogP contribution >= 0.6 is 0 Å². The van der Waals surface area contributed by atoms with Gasteiger partial charge < -0.3 is 18.9 Å². The largest absolute Gasteiger partial charge is 0.362 e. The molecule has 0 aromatic rings. The van der Waals surface area contributed by atoms with E-state index in [-0.39, 0.29) is 0 Å². The van der Waals surface area contributed by atoms with E-state index in [4.69, 9.17) is 29.4 Å². The van der Waals surface area contributed by atoms with Gasteiger partial charge in [0.2, 0.25) is 37.5 Å². The van der Waals surface area contributed by atoms with Crippen molar-refractivity contribution in [3.05, 3.63) is 9.81 Å². The molecule has 5 aliphatic rings. The Kier molecular flexibility index (Phi) is 1.68. The van der Waals surface area contributed by atoms with Crippen LogP contribution in [-0.4, -0.2) is 68.0 Å². The first-order chi connectivity index (χ1) is 8.58. The van der Waals surface area contributed by atoms with Gasteiger partial charge in [-0.15, -0.1) is 0 Å². The van der Waals surface area contributed by atoms with Gasteiger partial charge in [-0.05, 0) is 10.0 Å². The maximum absolute atomic E-state index is 11.1. The van der Waals surface area contributed by atoms with E-state index in [1.54, 1.807) is 0 Å². The highest BCUT2D eigenvalue weighted by molar-refractivity contribution is 4.92. The molecule has 5 saturated heterocycles. The fourth-order valence-electron chi connectivity index (χ4n) is 2.59. The third kappa shape index (κ3) is 0.989. The van der Waals surface area contributed by atoms with E-state index in [0.29, 0.717) is 0 Å². The van der Waals surface area contributed by atoms with Gasteiger partial charge in [0.25, 0.3) is 0 Å². The lowest BCUT2D eigenvalue weighted by Crippen LogP contribution is -2.69. The van der Waals surface area contributed by atoms with Crippen LogP contribution in [0, 0.1) is 9.81 Å². The molecule has 5 heterocycles. The van der Waals surface area contributed by atoms with Crippen molar-refractivity contribution in [1.29, 1.82) is 0 Å². The first kappa shape index (κ1) is 10.2. The van der Waals surface area contributed by atoms with Gasteiger partial charge in [0.1, 0.15) is 9.81 Å². The highest BCUT2D eigenvalue weighted by Crippen LogP contribution is 2.45. The fourth-order valence-corrected chi connectivity index (χ4v) is 2.59. The Bertz CT molecular complexity index is 381. The van der Waals surface area contributed by atoms with Crippen molar-refractivity contribution in [2.75, 3.05) is 0 Å². The summed E-state index contributed by atoms with van der Waals surface area (Å²) < 4.78 is 21.2. The second-order valence-corrected chi connectivity index (χ2v) is 4.11. The summed E-state index contributed by atoms with van der Waals surface area (Å²) in [4.78, 5) is 22.2. The fraction of sp³-hybridized carbons (Fsp3) is 1.00. The van der Waals surface area contributed by atoms with Crippen LogP contribution in [-0.2, 0) is 18.9 Å². The van der Waals surface area contributed by atoms with Crippen LogP contribution in [0.3, 0.4) is 0 Å². The van der Waals surface area contributed by atoms with Crippen LogP contribution < -0.4 is 0 Å². The van der Waals surface area contributed by atoms with E-state index < -0.39 is 47.6 Å². The topological polar surface area (TPSA) is 124 Å². The Labute approximate surface area is 97.8 Å². The summed E-state index contributed by atoms with van der Waals surface area (Å²) in [7, 11) is 0. The summed E-state index contributed by atoms with van der Waals surface area (Å²) >= 11 is 0. The first-order valence-corrected chi connectivity index (χ1v) is 5.08. The molecule has 5 aliphatic heterocycles. The minimum Gasteiger partial charge on any atom is -0.313 e. The molecular formula is C6H8N4O8+2. The number of piperazine rings is 1. The van der Waals surface area contributed by atoms with Gasteiger partial charge in [0.15, 0.2) is 0 Å². The molecule has 5 rings (SSSR count). The van der Waals surface area contributed by atoms with Gasteiger partial charge in [-0.1, -0.05) is 0 Å². The number of hydrogen-bond acceptors (Lipinski definition) is 6. The van der Waals surface area contributed by atoms with E-state index in [2.05, 4.69) is 0 Å². The molecule has 0 amide bonds. The summed E-state index contributed by atoms with van der Waals surface area (Å²) in [5.41, 5.74) is 0. The molecule has 12 nitrogen and oxygen atoms in total. The Morgan fingerprint density at radius 2 is 1.00 bits per heavy atom. The molecule has 5 fully saturated rings. The minimum atomic E-state index is -1.09. The summed E-state index contributed by atoms with van der Waals surface area (Å²) in [5.74, 6) is 0. The molecule has 4 atom stereocenters. The Hall–Kier alpha value is -1.76. The van der Waals surface area contributed by atoms with Gasteiger partial charge in [0, 0.05) is 0 Å². The second-order valence-electron chi connectivity index (χ2n) is 4.11. The SMILES string of the molecule is O=[N+](O)N1C2OC3OC2N([N+](=O)O)C2OC3OC21. The molecule has 2 N–H and O–H groups in total. The van der Waals surface area contributed by atoms with E-state index in [0.717, 1.165) is 10.0 Å². The summed E-state index contributed by atoms with van der Waals surface area (Å²) in [6.07, 6.45) is -6.23. The van der Waals surface area contributed by atoms with Gasteiger partial charge in [-0.2, -0.15) is 0 Å². The van der Waals surface area contributed by atoms with Crippen molar-refractivity contribution >= 4 is 0 Å². The third-order valence-electron chi connectivity index (χ3n) is 3.24. The molecule has 0 aromatic carbocycles. The molecular weight excluding hydrogens is 256 g/mol. The molecule has 18 heavy (non-hydrogen) atoms. The van der Waals surface area contributed by atoms with E-state index in [1.807, 2.05) is 0 Å². The lowest BCUT2D eigenvalue weighted by atomic mass is 10.3. The highest BCUT2D eigenvalue weighted by Gasteiger charge is 2.74. The van der Waals surface area contributed by atoms with Crippen LogP contribution in [0.5, 0.6) is 0 Å². The van der Waals surface area contributed by atoms with Crippen LogP contribution in [0.2, 0.25) is 0 Å². The van der Waals surface area contributed by atoms with Crippen molar-refractivity contribution in [2.45, 2.75) is 37.5 Å². The summed E-state index contributed by atoms with van der Waals surface area (Å²) in [6, 6.07) is 0. The van der Waals surface area contributed by atoms with E-state index in [1.165, 1.54) is 0 Å².